The lowest BCUT2D eigenvalue weighted by atomic mass is 9.34. The molecule has 5 rings (SSSR count). The van der Waals surface area contributed by atoms with Crippen LogP contribution >= 0.6 is 0 Å². The van der Waals surface area contributed by atoms with Crippen molar-refractivity contribution in [2.75, 3.05) is 0 Å². The third kappa shape index (κ3) is 3.16. The molecule has 1 unspecified atom stereocenters. The molecule has 0 aromatic carbocycles. The highest BCUT2D eigenvalue weighted by molar-refractivity contribution is 5.21. The second-order valence-electron chi connectivity index (χ2n) is 15.5. The van der Waals surface area contributed by atoms with Crippen LogP contribution in [0.3, 0.4) is 0 Å². The summed E-state index contributed by atoms with van der Waals surface area (Å²) in [4.78, 5) is 0. The Kier molecular flexibility index (Phi) is 5.59. The molecule has 4 heteroatoms. The van der Waals surface area contributed by atoms with E-state index in [0.717, 1.165) is 51.4 Å². The number of hydrogen-bond acceptors (Lipinski definition) is 4. The number of aliphatic hydroxyl groups excluding tert-OH is 3. The van der Waals surface area contributed by atoms with E-state index < -0.39 is 6.10 Å². The maximum atomic E-state index is 11.9. The molecule has 1 saturated heterocycles. The lowest BCUT2D eigenvalue weighted by Crippen LogP contribution is -2.70. The number of aliphatic hydroxyl groups is 3. The monoisotopic (exact) mass is 476 g/mol. The third-order valence-corrected chi connectivity index (χ3v) is 13.0. The average Bonchev–Trinajstić information content (AvgIpc) is 3.07. The summed E-state index contributed by atoms with van der Waals surface area (Å²) in [7, 11) is 0. The van der Waals surface area contributed by atoms with Gasteiger partial charge in [0.25, 0.3) is 0 Å². The van der Waals surface area contributed by atoms with Crippen molar-refractivity contribution in [2.24, 2.45) is 45.3 Å². The van der Waals surface area contributed by atoms with Gasteiger partial charge in [-0.3, -0.25) is 0 Å². The summed E-state index contributed by atoms with van der Waals surface area (Å²) in [5, 5.41) is 34.6. The molecular weight excluding hydrogens is 424 g/mol. The molecule has 196 valence electrons. The summed E-state index contributed by atoms with van der Waals surface area (Å²) in [6.07, 6.45) is 7.79. The van der Waals surface area contributed by atoms with Gasteiger partial charge < -0.3 is 20.1 Å². The summed E-state index contributed by atoms with van der Waals surface area (Å²) in [6.45, 7) is 18.4. The predicted molar refractivity (Wildman–Crippen MR) is 135 cm³/mol. The van der Waals surface area contributed by atoms with Crippen LogP contribution in [-0.4, -0.2) is 44.8 Å². The Balaban J connectivity index is 1.54. The van der Waals surface area contributed by atoms with Crippen molar-refractivity contribution < 1.29 is 20.1 Å². The molecule has 1 aliphatic heterocycles. The Bertz CT molecular complexity index is 823. The number of fused-ring (bicyclic) bond motifs is 5. The summed E-state index contributed by atoms with van der Waals surface area (Å²) >= 11 is 0. The number of ether oxygens (including phenoxy) is 1. The lowest BCUT2D eigenvalue weighted by Gasteiger charge is -2.71. The van der Waals surface area contributed by atoms with Gasteiger partial charge in [-0.05, 0) is 124 Å². The van der Waals surface area contributed by atoms with E-state index >= 15 is 0 Å². The van der Waals surface area contributed by atoms with Crippen molar-refractivity contribution in [3.05, 3.63) is 0 Å². The van der Waals surface area contributed by atoms with Crippen LogP contribution in [0.5, 0.6) is 0 Å². The summed E-state index contributed by atoms with van der Waals surface area (Å²) < 4.78 is 6.83. The van der Waals surface area contributed by atoms with Crippen molar-refractivity contribution >= 4 is 0 Å². The zero-order chi connectivity index (χ0) is 25.1. The van der Waals surface area contributed by atoms with Crippen LogP contribution in [0.4, 0.5) is 0 Å². The SMILES string of the molecule is CC1(C)CCC[C@](C)([C@H]2CC[C@]3(C)C2[C@H](O)C[C@@H]2[C@@]4(C)CC[C@H](O)C(C)(C)[C@@H]4[C@H](O)C[C@]23C)O1. The van der Waals surface area contributed by atoms with E-state index in [4.69, 9.17) is 4.74 Å². The molecule has 0 aromatic rings. The van der Waals surface area contributed by atoms with Gasteiger partial charge in [-0.2, -0.15) is 0 Å². The van der Waals surface area contributed by atoms with Crippen LogP contribution in [0, 0.1) is 45.3 Å². The van der Waals surface area contributed by atoms with Crippen molar-refractivity contribution in [3.8, 4) is 0 Å². The van der Waals surface area contributed by atoms with Crippen molar-refractivity contribution in [2.45, 2.75) is 143 Å². The molecule has 34 heavy (non-hydrogen) atoms. The van der Waals surface area contributed by atoms with Gasteiger partial charge in [-0.1, -0.05) is 34.6 Å². The van der Waals surface area contributed by atoms with Gasteiger partial charge in [0, 0.05) is 0 Å². The Labute approximate surface area is 208 Å². The molecule has 0 radical (unpaired) electrons. The lowest BCUT2D eigenvalue weighted by molar-refractivity contribution is -0.279. The number of rotatable bonds is 1. The minimum absolute atomic E-state index is 0.0247. The molecule has 0 aromatic heterocycles. The van der Waals surface area contributed by atoms with Crippen molar-refractivity contribution in [3.63, 3.8) is 0 Å². The molecule has 4 aliphatic carbocycles. The van der Waals surface area contributed by atoms with Gasteiger partial charge in [0.15, 0.2) is 0 Å². The maximum Gasteiger partial charge on any atom is 0.0693 e. The molecule has 4 saturated carbocycles. The fraction of sp³-hybridized carbons (Fsp3) is 1.00. The Morgan fingerprint density at radius 3 is 2.06 bits per heavy atom. The van der Waals surface area contributed by atoms with Crippen LogP contribution in [-0.2, 0) is 4.74 Å². The molecule has 4 nitrogen and oxygen atoms in total. The van der Waals surface area contributed by atoms with E-state index in [0.29, 0.717) is 11.8 Å². The fourth-order valence-corrected chi connectivity index (χ4v) is 11.5. The van der Waals surface area contributed by atoms with Gasteiger partial charge in [-0.15, -0.1) is 0 Å². The first kappa shape index (κ1) is 25.5. The van der Waals surface area contributed by atoms with E-state index in [9.17, 15) is 15.3 Å². The zero-order valence-corrected chi connectivity index (χ0v) is 23.2. The quantitative estimate of drug-likeness (QED) is 0.453. The highest BCUT2D eigenvalue weighted by atomic mass is 16.5. The summed E-state index contributed by atoms with van der Waals surface area (Å²) in [5.74, 6) is 0.984. The molecule has 5 aliphatic rings. The van der Waals surface area contributed by atoms with Gasteiger partial charge in [0.1, 0.15) is 0 Å². The molecule has 0 bridgehead atoms. The minimum Gasteiger partial charge on any atom is -0.393 e. The first-order chi connectivity index (χ1) is 15.5. The third-order valence-electron chi connectivity index (χ3n) is 13.0. The summed E-state index contributed by atoms with van der Waals surface area (Å²) in [5.41, 5.74) is -0.739. The van der Waals surface area contributed by atoms with E-state index in [1.165, 1.54) is 6.42 Å². The first-order valence-corrected chi connectivity index (χ1v) is 14.3. The predicted octanol–water partition coefficient (Wildman–Crippen LogP) is 5.71. The molecule has 11 atom stereocenters. The van der Waals surface area contributed by atoms with E-state index in [-0.39, 0.29) is 56.9 Å². The molecule has 0 spiro atoms. The molecular formula is C30H52O4. The fourth-order valence-electron chi connectivity index (χ4n) is 11.5. The molecule has 0 amide bonds. The van der Waals surface area contributed by atoms with E-state index in [1.54, 1.807) is 0 Å². The molecule has 5 fully saturated rings. The van der Waals surface area contributed by atoms with Gasteiger partial charge in [0.05, 0.1) is 29.5 Å². The van der Waals surface area contributed by atoms with Crippen LogP contribution in [0.1, 0.15) is 113 Å². The topological polar surface area (TPSA) is 69.9 Å². The smallest absolute Gasteiger partial charge is 0.0693 e. The average molecular weight is 477 g/mol. The highest BCUT2D eigenvalue weighted by Crippen LogP contribution is 2.76. The largest absolute Gasteiger partial charge is 0.393 e. The second kappa shape index (κ2) is 7.45. The maximum absolute atomic E-state index is 11.9. The molecule has 1 heterocycles. The highest BCUT2D eigenvalue weighted by Gasteiger charge is 2.73. The standard InChI is InChI=1S/C30H52O4/c1-25(2)12-9-13-30(8,34-25)18-10-15-28(6)23(18)19(31)16-21-27(5)14-11-22(33)26(3,4)24(27)20(32)17-29(21,28)7/h18-24,31-33H,9-17H2,1-8H3/t18-,19+,20+,21+,22-,23?,24-,27+,28+,29+,30+/m0/s1. The van der Waals surface area contributed by atoms with E-state index in [2.05, 4.69) is 55.4 Å². The van der Waals surface area contributed by atoms with Crippen LogP contribution < -0.4 is 0 Å². The van der Waals surface area contributed by atoms with Crippen molar-refractivity contribution in [1.82, 2.24) is 0 Å². The summed E-state index contributed by atoms with van der Waals surface area (Å²) in [6, 6.07) is 0. The van der Waals surface area contributed by atoms with Crippen LogP contribution in [0.15, 0.2) is 0 Å². The van der Waals surface area contributed by atoms with Crippen LogP contribution in [0.25, 0.3) is 0 Å². The van der Waals surface area contributed by atoms with Gasteiger partial charge >= 0.3 is 0 Å². The minimum atomic E-state index is -0.414. The van der Waals surface area contributed by atoms with Crippen molar-refractivity contribution in [1.29, 1.82) is 0 Å². The first-order valence-electron chi connectivity index (χ1n) is 14.3. The Hall–Kier alpha value is -0.160. The zero-order valence-electron chi connectivity index (χ0n) is 23.2. The number of hydrogen-bond donors (Lipinski definition) is 3. The van der Waals surface area contributed by atoms with Crippen LogP contribution in [0.2, 0.25) is 0 Å². The Morgan fingerprint density at radius 1 is 0.735 bits per heavy atom. The van der Waals surface area contributed by atoms with Gasteiger partial charge in [-0.25, -0.2) is 0 Å². The van der Waals surface area contributed by atoms with E-state index in [1.807, 2.05) is 0 Å². The second-order valence-corrected chi connectivity index (χ2v) is 15.5. The molecule has 3 N–H and O–H groups in total. The Morgan fingerprint density at radius 2 is 1.41 bits per heavy atom. The van der Waals surface area contributed by atoms with Gasteiger partial charge in [0.2, 0.25) is 0 Å². The normalized spacial score (nSPS) is 58.5.